The number of rotatable bonds is 6. The first kappa shape index (κ1) is 31.9. The molecule has 0 radical (unpaired) electrons. The third-order valence-electron chi connectivity index (χ3n) is 10.7. The molecule has 56 heavy (non-hydrogen) atoms. The minimum atomic E-state index is 0.546. The fourth-order valence-electron chi connectivity index (χ4n) is 8.02. The van der Waals surface area contributed by atoms with Crippen molar-refractivity contribution in [2.75, 3.05) is 0 Å². The fourth-order valence-corrected chi connectivity index (χ4v) is 8.02. The Labute approximate surface area is 322 Å². The molecule has 0 fully saturated rings. The molecule has 0 atom stereocenters. The van der Waals surface area contributed by atoms with Crippen LogP contribution in [0.25, 0.3) is 106 Å². The normalized spacial score (nSPS) is 11.6. The molecule has 0 spiro atoms. The second kappa shape index (κ2) is 13.0. The number of furan rings is 1. The summed E-state index contributed by atoms with van der Waals surface area (Å²) >= 11 is 0. The standard InChI is InChI=1S/C51H32N4O/c1-4-15-33(16-5-1)37-29-38(34-17-6-2-7-18-34)31-39(30-37)36-27-28-41-40-21-10-12-24-44(40)55(45(41)32-36)51-53-49(35-19-8-3-9-20-35)52-50(54-51)43-23-14-26-47-48(43)42-22-11-13-25-46(42)56-47/h1-32H. The first-order chi connectivity index (χ1) is 27.7. The Kier molecular flexibility index (Phi) is 7.42. The van der Waals surface area contributed by atoms with Gasteiger partial charge in [-0.25, -0.2) is 4.98 Å². The van der Waals surface area contributed by atoms with E-state index in [1.165, 1.54) is 11.1 Å². The topological polar surface area (TPSA) is 56.7 Å². The highest BCUT2D eigenvalue weighted by Crippen LogP contribution is 2.39. The second-order valence-electron chi connectivity index (χ2n) is 14.0. The van der Waals surface area contributed by atoms with Gasteiger partial charge in [-0.05, 0) is 75.8 Å². The number of hydrogen-bond donors (Lipinski definition) is 0. The Balaban J connectivity index is 1.17. The molecule has 0 aliphatic rings. The van der Waals surface area contributed by atoms with Crippen LogP contribution in [-0.4, -0.2) is 19.5 Å². The highest BCUT2D eigenvalue weighted by molar-refractivity contribution is 6.12. The molecule has 0 N–H and O–H groups in total. The molecule has 5 heteroatoms. The van der Waals surface area contributed by atoms with Gasteiger partial charge in [0.1, 0.15) is 11.2 Å². The van der Waals surface area contributed by atoms with Gasteiger partial charge in [0.05, 0.1) is 11.0 Å². The van der Waals surface area contributed by atoms with Gasteiger partial charge in [0.2, 0.25) is 5.95 Å². The predicted molar refractivity (Wildman–Crippen MR) is 229 cm³/mol. The second-order valence-corrected chi connectivity index (χ2v) is 14.0. The van der Waals surface area contributed by atoms with Crippen molar-refractivity contribution in [1.29, 1.82) is 0 Å². The maximum Gasteiger partial charge on any atom is 0.238 e. The van der Waals surface area contributed by atoms with Crippen LogP contribution in [0, 0.1) is 0 Å². The number of aromatic nitrogens is 4. The largest absolute Gasteiger partial charge is 0.456 e. The van der Waals surface area contributed by atoms with Crippen LogP contribution in [0.5, 0.6) is 0 Å². The van der Waals surface area contributed by atoms with Gasteiger partial charge in [-0.1, -0.05) is 152 Å². The van der Waals surface area contributed by atoms with Gasteiger partial charge in [-0.3, -0.25) is 4.57 Å². The molecule has 262 valence electrons. The zero-order chi connectivity index (χ0) is 37.0. The van der Waals surface area contributed by atoms with Crippen molar-refractivity contribution in [3.63, 3.8) is 0 Å². The molecule has 0 aliphatic heterocycles. The summed E-state index contributed by atoms with van der Waals surface area (Å²) in [7, 11) is 0. The number of benzene rings is 8. The molecule has 8 aromatic carbocycles. The lowest BCUT2D eigenvalue weighted by atomic mass is 9.93. The van der Waals surface area contributed by atoms with Crippen LogP contribution in [0.4, 0.5) is 0 Å². The molecule has 3 aromatic heterocycles. The van der Waals surface area contributed by atoms with Gasteiger partial charge in [0.15, 0.2) is 11.6 Å². The maximum absolute atomic E-state index is 6.30. The summed E-state index contributed by atoms with van der Waals surface area (Å²) in [5.74, 6) is 1.72. The van der Waals surface area contributed by atoms with Crippen molar-refractivity contribution >= 4 is 43.7 Å². The highest BCUT2D eigenvalue weighted by Gasteiger charge is 2.21. The van der Waals surface area contributed by atoms with E-state index in [0.717, 1.165) is 77.1 Å². The molecule has 0 saturated carbocycles. The van der Waals surface area contributed by atoms with Gasteiger partial charge in [-0.15, -0.1) is 0 Å². The quantitative estimate of drug-likeness (QED) is 0.172. The van der Waals surface area contributed by atoms with E-state index < -0.39 is 0 Å². The molecule has 0 amide bonds. The van der Waals surface area contributed by atoms with E-state index in [1.807, 2.05) is 60.7 Å². The fraction of sp³-hybridized carbons (Fsp3) is 0. The molecule has 3 heterocycles. The van der Waals surface area contributed by atoms with E-state index >= 15 is 0 Å². The summed E-state index contributed by atoms with van der Waals surface area (Å²) in [6.45, 7) is 0. The lowest BCUT2D eigenvalue weighted by molar-refractivity contribution is 0.669. The number of nitrogens with zero attached hydrogens (tertiary/aromatic N) is 4. The van der Waals surface area contributed by atoms with E-state index in [1.54, 1.807) is 0 Å². The average Bonchev–Trinajstić information content (AvgIpc) is 3.83. The lowest BCUT2D eigenvalue weighted by Crippen LogP contribution is -2.06. The van der Waals surface area contributed by atoms with Crippen molar-refractivity contribution in [2.24, 2.45) is 0 Å². The summed E-state index contributed by atoms with van der Waals surface area (Å²) in [5, 5.41) is 4.26. The van der Waals surface area contributed by atoms with Gasteiger partial charge in [0, 0.05) is 32.7 Å². The summed E-state index contributed by atoms with van der Waals surface area (Å²) in [6.07, 6.45) is 0. The molecule has 0 aliphatic carbocycles. The van der Waals surface area contributed by atoms with Crippen LogP contribution < -0.4 is 0 Å². The van der Waals surface area contributed by atoms with E-state index in [0.29, 0.717) is 17.6 Å². The van der Waals surface area contributed by atoms with Gasteiger partial charge in [0.25, 0.3) is 0 Å². The Morgan fingerprint density at radius 3 is 1.61 bits per heavy atom. The Bertz CT molecular complexity index is 3180. The van der Waals surface area contributed by atoms with Crippen molar-refractivity contribution in [1.82, 2.24) is 19.5 Å². The molecule has 11 aromatic rings. The number of fused-ring (bicyclic) bond motifs is 6. The number of para-hydroxylation sites is 2. The third kappa shape index (κ3) is 5.37. The zero-order valence-electron chi connectivity index (χ0n) is 30.2. The van der Waals surface area contributed by atoms with E-state index in [4.69, 9.17) is 19.4 Å². The molecule has 5 nitrogen and oxygen atoms in total. The summed E-state index contributed by atoms with van der Waals surface area (Å²) in [5.41, 5.74) is 12.4. The van der Waals surface area contributed by atoms with Crippen LogP contribution in [0.2, 0.25) is 0 Å². The predicted octanol–water partition coefficient (Wildman–Crippen LogP) is 13.2. The van der Waals surface area contributed by atoms with Crippen molar-refractivity contribution in [2.45, 2.75) is 0 Å². The smallest absolute Gasteiger partial charge is 0.238 e. The van der Waals surface area contributed by atoms with E-state index in [2.05, 4.69) is 138 Å². The van der Waals surface area contributed by atoms with Crippen molar-refractivity contribution < 1.29 is 4.42 Å². The van der Waals surface area contributed by atoms with Crippen LogP contribution in [0.15, 0.2) is 199 Å². The van der Waals surface area contributed by atoms with Gasteiger partial charge >= 0.3 is 0 Å². The van der Waals surface area contributed by atoms with Crippen molar-refractivity contribution in [3.8, 4) is 62.1 Å². The maximum atomic E-state index is 6.30. The molecular formula is C51H32N4O. The van der Waals surface area contributed by atoms with Crippen LogP contribution >= 0.6 is 0 Å². The van der Waals surface area contributed by atoms with Gasteiger partial charge in [-0.2, -0.15) is 9.97 Å². The average molecular weight is 717 g/mol. The molecule has 0 saturated heterocycles. The van der Waals surface area contributed by atoms with E-state index in [-0.39, 0.29) is 0 Å². The van der Waals surface area contributed by atoms with E-state index in [9.17, 15) is 0 Å². The van der Waals surface area contributed by atoms with Crippen LogP contribution in [-0.2, 0) is 0 Å². The van der Waals surface area contributed by atoms with Crippen LogP contribution in [0.3, 0.4) is 0 Å². The SMILES string of the molecule is c1ccc(-c2cc(-c3ccccc3)cc(-c3ccc4c5ccccc5n(-c5nc(-c6ccccc6)nc(-c6cccc7oc8ccccc8c67)n5)c4c3)c2)cc1. The number of hydrogen-bond acceptors (Lipinski definition) is 4. The summed E-state index contributed by atoms with van der Waals surface area (Å²) in [6, 6.07) is 67.6. The Hall–Kier alpha value is -7.63. The summed E-state index contributed by atoms with van der Waals surface area (Å²) in [4.78, 5) is 15.7. The molecule has 0 bridgehead atoms. The van der Waals surface area contributed by atoms with Crippen molar-refractivity contribution in [3.05, 3.63) is 194 Å². The third-order valence-corrected chi connectivity index (χ3v) is 10.7. The molecular weight excluding hydrogens is 685 g/mol. The zero-order valence-corrected chi connectivity index (χ0v) is 30.2. The monoisotopic (exact) mass is 716 g/mol. The first-order valence-electron chi connectivity index (χ1n) is 18.8. The first-order valence-corrected chi connectivity index (χ1v) is 18.8. The minimum Gasteiger partial charge on any atom is -0.456 e. The highest BCUT2D eigenvalue weighted by atomic mass is 16.3. The molecule has 0 unspecified atom stereocenters. The summed E-state index contributed by atoms with van der Waals surface area (Å²) < 4.78 is 8.49. The molecule has 11 rings (SSSR count). The van der Waals surface area contributed by atoms with Crippen LogP contribution in [0.1, 0.15) is 0 Å². The minimum absolute atomic E-state index is 0.546. The Morgan fingerprint density at radius 2 is 0.893 bits per heavy atom. The van der Waals surface area contributed by atoms with Gasteiger partial charge < -0.3 is 4.42 Å². The Morgan fingerprint density at radius 1 is 0.339 bits per heavy atom. The lowest BCUT2D eigenvalue weighted by Gasteiger charge is -2.13.